The van der Waals surface area contributed by atoms with Crippen molar-refractivity contribution in [3.63, 3.8) is 0 Å². The number of benzene rings is 1. The molecule has 1 aromatic rings. The topological polar surface area (TPSA) is 63.7 Å². The van der Waals surface area contributed by atoms with Gasteiger partial charge >= 0.3 is 0 Å². The number of hydrogen-bond acceptors (Lipinski definition) is 4. The summed E-state index contributed by atoms with van der Waals surface area (Å²) in [6.07, 6.45) is 2.18. The quantitative estimate of drug-likeness (QED) is 0.584. The highest BCUT2D eigenvalue weighted by atomic mass is 16.5. The first-order chi connectivity index (χ1) is 13.3. The van der Waals surface area contributed by atoms with Crippen LogP contribution in [0.15, 0.2) is 12.1 Å². The fourth-order valence-electron chi connectivity index (χ4n) is 4.68. The predicted octanol–water partition coefficient (Wildman–Crippen LogP) is 3.02. The van der Waals surface area contributed by atoms with Gasteiger partial charge in [0.1, 0.15) is 23.2 Å². The lowest BCUT2D eigenvalue weighted by molar-refractivity contribution is -0.139. The van der Waals surface area contributed by atoms with Gasteiger partial charge in [0.05, 0.1) is 7.11 Å². The third-order valence-electron chi connectivity index (χ3n) is 6.14. The summed E-state index contributed by atoms with van der Waals surface area (Å²) < 4.78 is 5.52. The number of carbonyl (C=O) groups is 3. The minimum Gasteiger partial charge on any atom is -0.496 e. The highest BCUT2D eigenvalue weighted by molar-refractivity contribution is 6.11. The molecule has 0 atom stereocenters. The normalized spacial score (nSPS) is 19.4. The van der Waals surface area contributed by atoms with Gasteiger partial charge in [-0.25, -0.2) is 0 Å². The molecule has 148 valence electrons. The number of aryl methyl sites for hydroxylation is 1. The average molecular weight is 381 g/mol. The largest absolute Gasteiger partial charge is 0.496 e. The molecule has 1 aliphatic carbocycles. The molecule has 1 aromatic carbocycles. The second-order valence-electron chi connectivity index (χ2n) is 8.01. The summed E-state index contributed by atoms with van der Waals surface area (Å²) in [7, 11) is 1.55. The predicted molar refractivity (Wildman–Crippen MR) is 106 cm³/mol. The van der Waals surface area contributed by atoms with Crippen LogP contribution in [0, 0.1) is 24.2 Å². The van der Waals surface area contributed by atoms with Crippen molar-refractivity contribution in [2.24, 2.45) is 5.41 Å². The van der Waals surface area contributed by atoms with Crippen LogP contribution in [-0.4, -0.2) is 42.6 Å². The van der Waals surface area contributed by atoms with Crippen LogP contribution in [0.3, 0.4) is 0 Å². The molecule has 1 heterocycles. The molecule has 0 N–H and O–H groups in total. The Balaban J connectivity index is 1.88. The van der Waals surface area contributed by atoms with Crippen LogP contribution in [-0.2, 0) is 14.4 Å². The minimum absolute atomic E-state index is 0.0387. The molecule has 1 saturated carbocycles. The molecule has 1 amide bonds. The number of carbonyl (C=O) groups excluding carboxylic acids is 3. The highest BCUT2D eigenvalue weighted by Crippen LogP contribution is 2.47. The average Bonchev–Trinajstić information content (AvgIpc) is 2.63. The summed E-state index contributed by atoms with van der Waals surface area (Å²) in [5.74, 6) is 5.62. The molecule has 5 nitrogen and oxygen atoms in total. The van der Waals surface area contributed by atoms with Crippen molar-refractivity contribution in [3.05, 3.63) is 28.8 Å². The zero-order valence-electron chi connectivity index (χ0n) is 17.1. The van der Waals surface area contributed by atoms with Crippen LogP contribution < -0.4 is 4.74 Å². The van der Waals surface area contributed by atoms with E-state index in [9.17, 15) is 14.4 Å². The Bertz CT molecular complexity index is 862. The van der Waals surface area contributed by atoms with Gasteiger partial charge in [0, 0.05) is 44.0 Å². The molecule has 0 aromatic heterocycles. The maximum Gasteiger partial charge on any atom is 0.219 e. The number of hydrogen-bond donors (Lipinski definition) is 0. The van der Waals surface area contributed by atoms with E-state index in [-0.39, 0.29) is 22.9 Å². The zero-order chi connectivity index (χ0) is 20.5. The lowest BCUT2D eigenvalue weighted by Gasteiger charge is -2.44. The Labute approximate surface area is 166 Å². The first kappa shape index (κ1) is 20.1. The summed E-state index contributed by atoms with van der Waals surface area (Å²) >= 11 is 0. The molecule has 1 aliphatic heterocycles. The smallest absolute Gasteiger partial charge is 0.219 e. The van der Waals surface area contributed by atoms with Gasteiger partial charge in [-0.2, -0.15) is 0 Å². The standard InChI is InChI=1S/C23H27NO4/c1-5-6-17-11-15(2)21(20(12-17)28-4)22-18(26)13-23(14-19(22)27)7-9-24(10-8-23)16(3)25/h11-12,22H,7-10,13-14H2,1-4H3. The summed E-state index contributed by atoms with van der Waals surface area (Å²) in [5, 5.41) is 0. The van der Waals surface area contributed by atoms with Crippen LogP contribution >= 0.6 is 0 Å². The number of amides is 1. The van der Waals surface area contributed by atoms with E-state index in [1.54, 1.807) is 31.9 Å². The molecule has 0 unspecified atom stereocenters. The summed E-state index contributed by atoms with van der Waals surface area (Å²) in [6, 6.07) is 3.71. The fraction of sp³-hybridized carbons (Fsp3) is 0.522. The Kier molecular flexibility index (Phi) is 5.60. The maximum absolute atomic E-state index is 13.1. The number of methoxy groups -OCH3 is 1. The van der Waals surface area contributed by atoms with E-state index in [1.165, 1.54) is 0 Å². The molecular formula is C23H27NO4. The van der Waals surface area contributed by atoms with E-state index in [1.807, 2.05) is 13.0 Å². The number of piperidine rings is 1. The number of rotatable bonds is 2. The van der Waals surface area contributed by atoms with Gasteiger partial charge in [0.25, 0.3) is 0 Å². The van der Waals surface area contributed by atoms with Gasteiger partial charge in [-0.1, -0.05) is 5.92 Å². The van der Waals surface area contributed by atoms with Crippen molar-refractivity contribution in [1.82, 2.24) is 4.90 Å². The van der Waals surface area contributed by atoms with Gasteiger partial charge in [-0.05, 0) is 49.8 Å². The van der Waals surface area contributed by atoms with Crippen molar-refractivity contribution < 1.29 is 19.1 Å². The number of Topliss-reactive ketones (excluding diaryl/α,β-unsaturated/α-hetero) is 2. The van der Waals surface area contributed by atoms with Crippen LogP contribution in [0.5, 0.6) is 5.75 Å². The van der Waals surface area contributed by atoms with Crippen molar-refractivity contribution in [2.45, 2.75) is 52.4 Å². The van der Waals surface area contributed by atoms with Gasteiger partial charge in [-0.3, -0.25) is 14.4 Å². The molecule has 28 heavy (non-hydrogen) atoms. The molecule has 1 saturated heterocycles. The Morgan fingerprint density at radius 2 is 1.79 bits per heavy atom. The maximum atomic E-state index is 13.1. The Morgan fingerprint density at radius 3 is 2.29 bits per heavy atom. The number of ketones is 2. The fourth-order valence-corrected chi connectivity index (χ4v) is 4.68. The van der Waals surface area contributed by atoms with Crippen molar-refractivity contribution >= 4 is 17.5 Å². The second-order valence-corrected chi connectivity index (χ2v) is 8.01. The molecular weight excluding hydrogens is 354 g/mol. The van der Waals surface area contributed by atoms with E-state index in [4.69, 9.17) is 4.74 Å². The Morgan fingerprint density at radius 1 is 1.18 bits per heavy atom. The highest BCUT2D eigenvalue weighted by Gasteiger charge is 2.48. The van der Waals surface area contributed by atoms with Gasteiger partial charge in [0.15, 0.2) is 0 Å². The molecule has 0 bridgehead atoms. The molecule has 1 spiro atoms. The van der Waals surface area contributed by atoms with E-state index in [0.717, 1.165) is 11.1 Å². The van der Waals surface area contributed by atoms with E-state index in [0.29, 0.717) is 50.1 Å². The van der Waals surface area contributed by atoms with Gasteiger partial charge < -0.3 is 9.64 Å². The monoisotopic (exact) mass is 381 g/mol. The summed E-state index contributed by atoms with van der Waals surface area (Å²) in [5.41, 5.74) is 2.04. The first-order valence-electron chi connectivity index (χ1n) is 9.72. The summed E-state index contributed by atoms with van der Waals surface area (Å²) in [4.78, 5) is 39.7. The Hall–Kier alpha value is -2.61. The molecule has 2 aliphatic rings. The lowest BCUT2D eigenvalue weighted by Crippen LogP contribution is -2.48. The van der Waals surface area contributed by atoms with Crippen LogP contribution in [0.1, 0.15) is 62.1 Å². The van der Waals surface area contributed by atoms with Crippen LogP contribution in [0.4, 0.5) is 0 Å². The summed E-state index contributed by atoms with van der Waals surface area (Å²) in [6.45, 7) is 6.46. The molecule has 5 heteroatoms. The first-order valence-corrected chi connectivity index (χ1v) is 9.72. The van der Waals surface area contributed by atoms with Crippen LogP contribution in [0.2, 0.25) is 0 Å². The van der Waals surface area contributed by atoms with E-state index >= 15 is 0 Å². The van der Waals surface area contributed by atoms with Crippen molar-refractivity contribution in [3.8, 4) is 17.6 Å². The zero-order valence-corrected chi connectivity index (χ0v) is 17.1. The number of ether oxygens (including phenoxy) is 1. The van der Waals surface area contributed by atoms with Crippen molar-refractivity contribution in [2.75, 3.05) is 20.2 Å². The second kappa shape index (κ2) is 7.79. The van der Waals surface area contributed by atoms with E-state index in [2.05, 4.69) is 11.8 Å². The van der Waals surface area contributed by atoms with Crippen LogP contribution in [0.25, 0.3) is 0 Å². The molecule has 0 radical (unpaired) electrons. The van der Waals surface area contributed by atoms with Crippen molar-refractivity contribution in [1.29, 1.82) is 0 Å². The van der Waals surface area contributed by atoms with E-state index < -0.39 is 5.92 Å². The SMILES string of the molecule is CC#Cc1cc(C)c(C2C(=O)CC3(CCN(C(C)=O)CC3)CC2=O)c(OC)c1. The lowest BCUT2D eigenvalue weighted by atomic mass is 9.63. The van der Waals surface area contributed by atoms with Gasteiger partial charge in [0.2, 0.25) is 5.91 Å². The minimum atomic E-state index is -0.768. The molecule has 3 rings (SSSR count). The number of likely N-dealkylation sites (tertiary alicyclic amines) is 1. The third-order valence-corrected chi connectivity index (χ3v) is 6.14. The third kappa shape index (κ3) is 3.69. The van der Waals surface area contributed by atoms with Gasteiger partial charge in [-0.15, -0.1) is 5.92 Å². The molecule has 2 fully saturated rings. The number of nitrogens with zero attached hydrogens (tertiary/aromatic N) is 1.